The number of hydrogen-bond acceptors (Lipinski definition) is 2. The molecular weight excluding hydrogens is 138 g/mol. The molecule has 0 aliphatic rings. The zero-order valence-corrected chi connectivity index (χ0v) is 6.28. The van der Waals surface area contributed by atoms with Crippen LogP contribution in [0.5, 0.6) is 0 Å². The van der Waals surface area contributed by atoms with Gasteiger partial charge in [0.25, 0.3) is 0 Å². The van der Waals surface area contributed by atoms with Gasteiger partial charge in [0.05, 0.1) is 6.61 Å². The Bertz CT molecular complexity index is 89.1. The van der Waals surface area contributed by atoms with Crippen molar-refractivity contribution in [3.63, 3.8) is 0 Å². The zero-order chi connectivity index (χ0) is 7.11. The molecule has 0 bridgehead atoms. The third-order valence-corrected chi connectivity index (χ3v) is 0.971. The Morgan fingerprint density at radius 3 is 2.89 bits per heavy atom. The van der Waals surface area contributed by atoms with Gasteiger partial charge in [0, 0.05) is 18.1 Å². The monoisotopic (exact) mass is 149 g/mol. The largest absolute Gasteiger partial charge is 0.395 e. The maximum absolute atomic E-state index is 8.32. The lowest BCUT2D eigenvalue weighted by atomic mass is 10.5. The van der Waals surface area contributed by atoms with E-state index >= 15 is 0 Å². The first-order valence-corrected chi connectivity index (χ1v) is 3.29. The van der Waals surface area contributed by atoms with Crippen LogP contribution in [0.15, 0.2) is 11.1 Å². The maximum atomic E-state index is 8.32. The molecule has 0 aromatic rings. The van der Waals surface area contributed by atoms with Gasteiger partial charge in [0.2, 0.25) is 0 Å². The van der Waals surface area contributed by atoms with Crippen molar-refractivity contribution in [1.29, 1.82) is 0 Å². The number of aliphatic hydroxyl groups excluding tert-OH is 1. The second kappa shape index (κ2) is 6.08. The zero-order valence-electron chi connectivity index (χ0n) is 5.52. The molecule has 2 N–H and O–H groups in total. The van der Waals surface area contributed by atoms with Gasteiger partial charge in [-0.3, -0.25) is 0 Å². The molecule has 0 aliphatic heterocycles. The molecule has 0 unspecified atom stereocenters. The van der Waals surface area contributed by atoms with Crippen LogP contribution in [-0.2, 0) is 0 Å². The highest BCUT2D eigenvalue weighted by atomic mass is 35.5. The molecule has 0 spiro atoms. The first-order valence-electron chi connectivity index (χ1n) is 2.91. The van der Waals surface area contributed by atoms with E-state index < -0.39 is 0 Å². The fourth-order valence-electron chi connectivity index (χ4n) is 0.394. The van der Waals surface area contributed by atoms with Gasteiger partial charge < -0.3 is 10.4 Å². The average molecular weight is 150 g/mol. The van der Waals surface area contributed by atoms with Gasteiger partial charge in [-0.15, -0.1) is 0 Å². The van der Waals surface area contributed by atoms with Crippen LogP contribution in [0.2, 0.25) is 0 Å². The lowest BCUT2D eigenvalue weighted by Gasteiger charge is -1.95. The minimum atomic E-state index is 0.176. The summed E-state index contributed by atoms with van der Waals surface area (Å²) in [4.78, 5) is 0. The summed E-state index contributed by atoms with van der Waals surface area (Å²) in [5.41, 5.74) is 0. The molecule has 54 valence electrons. The third-order valence-electron chi connectivity index (χ3n) is 0.816. The van der Waals surface area contributed by atoms with Crippen molar-refractivity contribution in [2.75, 3.05) is 19.7 Å². The van der Waals surface area contributed by atoms with E-state index in [0.717, 1.165) is 11.6 Å². The van der Waals surface area contributed by atoms with Crippen LogP contribution in [-0.4, -0.2) is 24.8 Å². The number of allylic oxidation sites excluding steroid dienone is 1. The summed E-state index contributed by atoms with van der Waals surface area (Å²) in [6, 6.07) is 0. The van der Waals surface area contributed by atoms with E-state index in [1.807, 2.05) is 13.0 Å². The van der Waals surface area contributed by atoms with Gasteiger partial charge in [0.1, 0.15) is 0 Å². The van der Waals surface area contributed by atoms with Crippen molar-refractivity contribution in [2.24, 2.45) is 0 Å². The number of rotatable bonds is 4. The van der Waals surface area contributed by atoms with E-state index in [4.69, 9.17) is 16.7 Å². The van der Waals surface area contributed by atoms with Gasteiger partial charge in [-0.1, -0.05) is 17.7 Å². The van der Waals surface area contributed by atoms with Crippen LogP contribution >= 0.6 is 11.6 Å². The van der Waals surface area contributed by atoms with Crippen LogP contribution in [0.4, 0.5) is 0 Å². The van der Waals surface area contributed by atoms with Crippen molar-refractivity contribution in [3.8, 4) is 0 Å². The molecule has 0 aromatic heterocycles. The smallest absolute Gasteiger partial charge is 0.0556 e. The van der Waals surface area contributed by atoms with E-state index in [1.54, 1.807) is 0 Å². The van der Waals surface area contributed by atoms with Crippen molar-refractivity contribution in [3.05, 3.63) is 11.1 Å². The van der Waals surface area contributed by atoms with Gasteiger partial charge in [-0.25, -0.2) is 0 Å². The highest BCUT2D eigenvalue weighted by Gasteiger charge is 1.80. The second-order valence-electron chi connectivity index (χ2n) is 1.72. The van der Waals surface area contributed by atoms with E-state index in [-0.39, 0.29) is 6.61 Å². The Kier molecular flexibility index (Phi) is 6.04. The number of hydrogen-bond donors (Lipinski definition) is 2. The fraction of sp³-hybridized carbons (Fsp3) is 0.667. The Morgan fingerprint density at radius 2 is 2.44 bits per heavy atom. The molecule has 3 heteroatoms. The topological polar surface area (TPSA) is 32.3 Å². The van der Waals surface area contributed by atoms with E-state index in [2.05, 4.69) is 5.32 Å². The predicted molar refractivity (Wildman–Crippen MR) is 39.6 cm³/mol. The standard InChI is InChI=1S/C6H12ClNO/c1-6(7)2-3-8-4-5-9/h2,8-9H,3-5H2,1H3/b6-2-. The Labute approximate surface area is 60.5 Å². The molecule has 0 radical (unpaired) electrons. The molecule has 0 heterocycles. The van der Waals surface area contributed by atoms with Gasteiger partial charge in [-0.2, -0.15) is 0 Å². The van der Waals surface area contributed by atoms with Crippen LogP contribution in [0.3, 0.4) is 0 Å². The summed E-state index contributed by atoms with van der Waals surface area (Å²) in [5.74, 6) is 0. The number of halogens is 1. The Balaban J connectivity index is 3.00. The van der Waals surface area contributed by atoms with Crippen molar-refractivity contribution < 1.29 is 5.11 Å². The Morgan fingerprint density at radius 1 is 1.78 bits per heavy atom. The fourth-order valence-corrected chi connectivity index (χ4v) is 0.471. The molecule has 0 atom stereocenters. The summed E-state index contributed by atoms with van der Waals surface area (Å²) in [7, 11) is 0. The highest BCUT2D eigenvalue weighted by Crippen LogP contribution is 1.94. The molecule has 0 aromatic carbocycles. The van der Waals surface area contributed by atoms with Gasteiger partial charge >= 0.3 is 0 Å². The quantitative estimate of drug-likeness (QED) is 0.578. The first-order chi connectivity index (χ1) is 4.27. The number of nitrogens with one attached hydrogen (secondary N) is 1. The first kappa shape index (κ1) is 8.95. The van der Waals surface area contributed by atoms with E-state index in [1.165, 1.54) is 0 Å². The summed E-state index contributed by atoms with van der Waals surface area (Å²) < 4.78 is 0. The minimum Gasteiger partial charge on any atom is -0.395 e. The Hall–Kier alpha value is -0.0500. The highest BCUT2D eigenvalue weighted by molar-refractivity contribution is 6.29. The molecule has 0 saturated heterocycles. The molecule has 0 aliphatic carbocycles. The molecular formula is C6H12ClNO. The summed E-state index contributed by atoms with van der Waals surface area (Å²) in [5, 5.41) is 12.0. The second-order valence-corrected chi connectivity index (χ2v) is 2.31. The van der Waals surface area contributed by atoms with Gasteiger partial charge in [-0.05, 0) is 6.92 Å². The van der Waals surface area contributed by atoms with E-state index in [0.29, 0.717) is 6.54 Å². The summed E-state index contributed by atoms with van der Waals surface area (Å²) in [6.45, 7) is 3.36. The predicted octanol–water partition coefficient (Wildman–Crippen LogP) is 0.711. The van der Waals surface area contributed by atoms with E-state index in [9.17, 15) is 0 Å². The summed E-state index contributed by atoms with van der Waals surface area (Å²) in [6.07, 6.45) is 1.86. The van der Waals surface area contributed by atoms with Crippen molar-refractivity contribution in [2.45, 2.75) is 6.92 Å². The third kappa shape index (κ3) is 7.95. The lowest BCUT2D eigenvalue weighted by Crippen LogP contribution is -2.17. The number of aliphatic hydroxyl groups is 1. The van der Waals surface area contributed by atoms with Crippen LogP contribution in [0, 0.1) is 0 Å². The average Bonchev–Trinajstić information content (AvgIpc) is 1.80. The molecule has 9 heavy (non-hydrogen) atoms. The minimum absolute atomic E-state index is 0.176. The normalized spacial score (nSPS) is 12.1. The molecule has 0 fully saturated rings. The SMILES string of the molecule is C/C(Cl)=C/CNCCO. The molecule has 0 amide bonds. The molecule has 0 saturated carbocycles. The van der Waals surface area contributed by atoms with Gasteiger partial charge in [0.15, 0.2) is 0 Å². The molecule has 0 rings (SSSR count). The van der Waals surface area contributed by atoms with Crippen LogP contribution in [0.1, 0.15) is 6.92 Å². The van der Waals surface area contributed by atoms with Crippen molar-refractivity contribution in [1.82, 2.24) is 5.32 Å². The van der Waals surface area contributed by atoms with Crippen LogP contribution in [0.25, 0.3) is 0 Å². The summed E-state index contributed by atoms with van der Waals surface area (Å²) >= 11 is 5.52. The van der Waals surface area contributed by atoms with Crippen molar-refractivity contribution >= 4 is 11.6 Å². The lowest BCUT2D eigenvalue weighted by molar-refractivity contribution is 0.294. The molecule has 2 nitrogen and oxygen atoms in total. The van der Waals surface area contributed by atoms with Crippen LogP contribution < -0.4 is 5.32 Å². The maximum Gasteiger partial charge on any atom is 0.0556 e.